The standard InChI is InChI=1S/C39H56FN5O8/c1-22(2)27(19-23(3)35(50)53-45-29(46)17-18-30(45)47)43(13)34(49)31(37(4,5)6)41-33(48)32(44(14)36(51)52-38(7,8)9)39(10,11)26-21-42(12)28-20-24(40)15-16-25(26)28/h15-16,19-22,27,31-32H,17-18H2,1-14H3,(H,41,48)/b23-19+/t27-,31-,32-/m1/s1. The highest BCUT2D eigenvalue weighted by Crippen LogP contribution is 2.37. The maximum Gasteiger partial charge on any atom is 0.410 e. The number of carbonyl (C=O) groups is 6. The summed E-state index contributed by atoms with van der Waals surface area (Å²) in [5.74, 6) is -3.87. The molecule has 0 saturated carbocycles. The molecule has 1 aromatic carbocycles. The summed E-state index contributed by atoms with van der Waals surface area (Å²) in [7, 11) is 4.80. The van der Waals surface area contributed by atoms with Crippen LogP contribution in [0.15, 0.2) is 36.0 Å². The molecule has 0 unspecified atom stereocenters. The van der Waals surface area contributed by atoms with E-state index in [0.29, 0.717) is 21.5 Å². The summed E-state index contributed by atoms with van der Waals surface area (Å²) in [4.78, 5) is 87.4. The van der Waals surface area contributed by atoms with E-state index in [4.69, 9.17) is 9.57 Å². The van der Waals surface area contributed by atoms with E-state index in [9.17, 15) is 33.2 Å². The van der Waals surface area contributed by atoms with Crippen LogP contribution in [0.3, 0.4) is 0 Å². The van der Waals surface area contributed by atoms with Crippen molar-refractivity contribution in [2.24, 2.45) is 18.4 Å². The molecule has 14 heteroatoms. The molecule has 5 amide bonds. The molecule has 1 fully saturated rings. The minimum Gasteiger partial charge on any atom is -0.444 e. The first-order valence-corrected chi connectivity index (χ1v) is 17.7. The number of ether oxygens (including phenoxy) is 1. The fourth-order valence-corrected chi connectivity index (χ4v) is 6.55. The fourth-order valence-electron chi connectivity index (χ4n) is 6.55. The number of carbonyl (C=O) groups excluding carboxylic acids is 6. The van der Waals surface area contributed by atoms with Gasteiger partial charge < -0.3 is 24.4 Å². The van der Waals surface area contributed by atoms with Crippen molar-refractivity contribution in [2.45, 2.75) is 118 Å². The van der Waals surface area contributed by atoms with Crippen molar-refractivity contribution in [3.8, 4) is 0 Å². The van der Waals surface area contributed by atoms with Crippen molar-refractivity contribution in [3.63, 3.8) is 0 Å². The van der Waals surface area contributed by atoms with Crippen molar-refractivity contribution in [2.75, 3.05) is 14.1 Å². The van der Waals surface area contributed by atoms with Gasteiger partial charge in [-0.3, -0.25) is 24.1 Å². The van der Waals surface area contributed by atoms with E-state index in [1.54, 1.807) is 86.3 Å². The van der Waals surface area contributed by atoms with E-state index in [1.165, 1.54) is 42.0 Å². The summed E-state index contributed by atoms with van der Waals surface area (Å²) in [5.41, 5.74) is -1.48. The maximum absolute atomic E-state index is 14.7. The van der Waals surface area contributed by atoms with Crippen molar-refractivity contribution >= 4 is 46.6 Å². The molecular weight excluding hydrogens is 685 g/mol. The number of nitrogens with one attached hydrogen (secondary N) is 1. The normalized spacial score (nSPS) is 16.1. The third-order valence-electron chi connectivity index (χ3n) is 9.45. The van der Waals surface area contributed by atoms with Crippen LogP contribution >= 0.6 is 0 Å². The SMILES string of the molecule is C/C(=C\[C@H](C(C)C)N(C)C(=O)[C@@H](NC(=O)[C@@H](N(C)C(=O)OC(C)(C)C)C(C)(C)c1cn(C)c2cc(F)ccc12)C(C)(C)C)C(=O)ON1C(=O)CCC1=O. The van der Waals surface area contributed by atoms with E-state index >= 15 is 0 Å². The Morgan fingerprint density at radius 1 is 0.943 bits per heavy atom. The summed E-state index contributed by atoms with van der Waals surface area (Å²) in [6, 6.07) is 1.37. The van der Waals surface area contributed by atoms with Gasteiger partial charge in [0.05, 0.1) is 11.6 Å². The van der Waals surface area contributed by atoms with E-state index in [2.05, 4.69) is 5.32 Å². The first-order chi connectivity index (χ1) is 24.2. The number of aromatic nitrogens is 1. The molecule has 1 aliphatic rings. The van der Waals surface area contributed by atoms with Gasteiger partial charge in [-0.25, -0.2) is 14.0 Å². The minimum absolute atomic E-state index is 0.0474. The Labute approximate surface area is 311 Å². The van der Waals surface area contributed by atoms with Gasteiger partial charge in [0.15, 0.2) is 0 Å². The van der Waals surface area contributed by atoms with Crippen molar-refractivity contribution in [1.82, 2.24) is 24.7 Å². The average Bonchev–Trinajstić information content (AvgIpc) is 3.53. The number of hydrogen-bond acceptors (Lipinski definition) is 8. The van der Waals surface area contributed by atoms with Crippen LogP contribution in [-0.4, -0.2) is 92.9 Å². The molecule has 1 aromatic heterocycles. The van der Waals surface area contributed by atoms with Crippen LogP contribution in [0.25, 0.3) is 10.9 Å². The molecule has 0 spiro atoms. The number of hydrogen-bond donors (Lipinski definition) is 1. The molecule has 3 rings (SSSR count). The topological polar surface area (TPSA) is 148 Å². The number of fused-ring (bicyclic) bond motifs is 1. The van der Waals surface area contributed by atoms with Crippen molar-refractivity contribution in [1.29, 1.82) is 0 Å². The van der Waals surface area contributed by atoms with E-state index < -0.39 is 76.1 Å². The predicted octanol–water partition coefficient (Wildman–Crippen LogP) is 5.40. The first kappa shape index (κ1) is 42.7. The Balaban J connectivity index is 2.04. The number of aryl methyl sites for hydroxylation is 1. The van der Waals surface area contributed by atoms with Gasteiger partial charge in [-0.15, -0.1) is 5.06 Å². The number of rotatable bonds is 11. The van der Waals surface area contributed by atoms with Crippen LogP contribution < -0.4 is 5.32 Å². The lowest BCUT2D eigenvalue weighted by Crippen LogP contribution is -2.63. The van der Waals surface area contributed by atoms with Crippen LogP contribution in [0.1, 0.15) is 94.6 Å². The molecule has 0 aliphatic carbocycles. The van der Waals surface area contributed by atoms with Crippen molar-refractivity contribution in [3.05, 3.63) is 47.4 Å². The van der Waals surface area contributed by atoms with Crippen LogP contribution in [0.5, 0.6) is 0 Å². The van der Waals surface area contributed by atoms with Gasteiger partial charge in [0.25, 0.3) is 11.8 Å². The van der Waals surface area contributed by atoms with E-state index in [0.717, 1.165) is 0 Å². The summed E-state index contributed by atoms with van der Waals surface area (Å²) < 4.78 is 21.7. The predicted molar refractivity (Wildman–Crippen MR) is 197 cm³/mol. The molecule has 0 bridgehead atoms. The Kier molecular flexibility index (Phi) is 12.6. The summed E-state index contributed by atoms with van der Waals surface area (Å²) in [5, 5.41) is 4.12. The highest BCUT2D eigenvalue weighted by atomic mass is 19.1. The molecule has 53 heavy (non-hydrogen) atoms. The molecule has 292 valence electrons. The van der Waals surface area contributed by atoms with Crippen LogP contribution in [0, 0.1) is 17.2 Å². The second kappa shape index (κ2) is 15.7. The summed E-state index contributed by atoms with van der Waals surface area (Å²) in [6.07, 6.45) is 2.49. The Bertz CT molecular complexity index is 1780. The van der Waals surface area contributed by atoms with Gasteiger partial charge >= 0.3 is 12.1 Å². The van der Waals surface area contributed by atoms with Crippen LogP contribution in [0.4, 0.5) is 9.18 Å². The lowest BCUT2D eigenvalue weighted by atomic mass is 9.76. The second-order valence-corrected chi connectivity index (χ2v) is 16.8. The molecule has 0 radical (unpaired) electrons. The van der Waals surface area contributed by atoms with Crippen molar-refractivity contribution < 1.29 is 42.7 Å². The molecule has 3 atom stereocenters. The van der Waals surface area contributed by atoms with Gasteiger partial charge in [0.1, 0.15) is 23.5 Å². The average molecular weight is 742 g/mol. The van der Waals surface area contributed by atoms with Crippen LogP contribution in [0.2, 0.25) is 0 Å². The molecule has 2 heterocycles. The Hall–Kier alpha value is -4.75. The number of amides is 5. The maximum atomic E-state index is 14.7. The fraction of sp³-hybridized carbons (Fsp3) is 0.590. The molecule has 1 N–H and O–H groups in total. The molecular formula is C39H56FN5O8. The third kappa shape index (κ3) is 9.63. The van der Waals surface area contributed by atoms with Gasteiger partial charge in [-0.2, -0.15) is 0 Å². The molecule has 1 aliphatic heterocycles. The van der Waals surface area contributed by atoms with Gasteiger partial charge in [-0.1, -0.05) is 54.5 Å². The summed E-state index contributed by atoms with van der Waals surface area (Å²) in [6.45, 7) is 19.3. The number of hydroxylamine groups is 2. The highest BCUT2D eigenvalue weighted by Gasteiger charge is 2.47. The van der Waals surface area contributed by atoms with E-state index in [-0.39, 0.29) is 24.3 Å². The Morgan fingerprint density at radius 3 is 2.02 bits per heavy atom. The lowest BCUT2D eigenvalue weighted by molar-refractivity contribution is -0.194. The van der Waals surface area contributed by atoms with Gasteiger partial charge in [-0.05, 0) is 62.8 Å². The van der Waals surface area contributed by atoms with E-state index in [1.807, 2.05) is 13.8 Å². The Morgan fingerprint density at radius 2 is 1.51 bits per heavy atom. The number of nitrogens with zero attached hydrogens (tertiary/aromatic N) is 4. The zero-order valence-corrected chi connectivity index (χ0v) is 33.5. The number of benzene rings is 1. The zero-order valence-electron chi connectivity index (χ0n) is 33.5. The zero-order chi connectivity index (χ0) is 40.5. The van der Waals surface area contributed by atoms with Gasteiger partial charge in [0.2, 0.25) is 11.8 Å². The number of imide groups is 1. The molecule has 1 saturated heterocycles. The van der Waals surface area contributed by atoms with Crippen LogP contribution in [-0.2, 0) is 46.0 Å². The molecule has 2 aromatic rings. The summed E-state index contributed by atoms with van der Waals surface area (Å²) >= 11 is 0. The third-order valence-corrected chi connectivity index (χ3v) is 9.45. The highest BCUT2D eigenvalue weighted by molar-refractivity contribution is 6.02. The monoisotopic (exact) mass is 741 g/mol. The lowest BCUT2D eigenvalue weighted by Gasteiger charge is -2.42. The second-order valence-electron chi connectivity index (χ2n) is 16.8. The largest absolute Gasteiger partial charge is 0.444 e. The smallest absolute Gasteiger partial charge is 0.410 e. The minimum atomic E-state index is -1.22. The first-order valence-electron chi connectivity index (χ1n) is 17.7. The number of halogens is 1. The van der Waals surface area contributed by atoms with Gasteiger partial charge in [0, 0.05) is 56.6 Å². The number of likely N-dealkylation sites (N-methyl/N-ethyl adjacent to an activating group) is 2. The quantitative estimate of drug-likeness (QED) is 0.238. The molecule has 13 nitrogen and oxygen atoms in total.